The van der Waals surface area contributed by atoms with Gasteiger partial charge in [0.1, 0.15) is 24.1 Å². The van der Waals surface area contributed by atoms with Gasteiger partial charge in [0.15, 0.2) is 17.7 Å². The number of hydrogen-bond acceptors (Lipinski definition) is 8. The van der Waals surface area contributed by atoms with Crippen molar-refractivity contribution in [1.29, 1.82) is 0 Å². The summed E-state index contributed by atoms with van der Waals surface area (Å²) in [5, 5.41) is 21.5. The lowest BCUT2D eigenvalue weighted by atomic mass is 10.1. The lowest BCUT2D eigenvalue weighted by Crippen LogP contribution is -2.33. The lowest BCUT2D eigenvalue weighted by Gasteiger charge is -2.19. The Labute approximate surface area is 163 Å². The molecule has 2 aromatic heterocycles. The van der Waals surface area contributed by atoms with Crippen molar-refractivity contribution in [2.75, 3.05) is 11.5 Å². The van der Waals surface area contributed by atoms with E-state index in [0.717, 1.165) is 6.42 Å². The number of imidazole rings is 1. The zero-order valence-electron chi connectivity index (χ0n) is 15.9. The van der Waals surface area contributed by atoms with E-state index in [9.17, 15) is 10.2 Å². The Morgan fingerprint density at radius 1 is 1.22 bits per heavy atom. The fraction of sp³-hybridized carbons (Fsp3) is 0.722. The van der Waals surface area contributed by atoms with Crippen molar-refractivity contribution < 1.29 is 14.9 Å². The predicted molar refractivity (Wildman–Crippen MR) is 106 cm³/mol. The number of thioether (sulfide) groups is 1. The molecule has 2 aromatic rings. The summed E-state index contributed by atoms with van der Waals surface area (Å²) in [4.78, 5) is 12.3. The summed E-state index contributed by atoms with van der Waals surface area (Å²) in [6, 6.07) is 0. The quantitative estimate of drug-likeness (QED) is 0.552. The van der Waals surface area contributed by atoms with Crippen LogP contribution in [-0.2, 0) is 4.74 Å². The Balaban J connectivity index is 1.65. The van der Waals surface area contributed by atoms with Crippen LogP contribution in [0, 0.1) is 0 Å². The number of nitrogens with zero attached hydrogens (tertiary/aromatic N) is 4. The van der Waals surface area contributed by atoms with E-state index in [0.29, 0.717) is 22.2 Å². The molecule has 1 aliphatic heterocycles. The monoisotopic (exact) mass is 395 g/mol. The molecule has 3 rings (SSSR count). The highest BCUT2D eigenvalue weighted by Crippen LogP contribution is 2.34. The van der Waals surface area contributed by atoms with Gasteiger partial charge >= 0.3 is 0 Å². The Kier molecular flexibility index (Phi) is 6.91. The first-order valence-corrected chi connectivity index (χ1v) is 10.7. The maximum absolute atomic E-state index is 10.5. The molecule has 0 amide bonds. The van der Waals surface area contributed by atoms with Crippen LogP contribution in [0.5, 0.6) is 0 Å². The Morgan fingerprint density at radius 3 is 2.78 bits per heavy atom. The molecule has 1 saturated heterocycles. The van der Waals surface area contributed by atoms with Crippen molar-refractivity contribution in [1.82, 2.24) is 19.5 Å². The average molecular weight is 396 g/mol. The van der Waals surface area contributed by atoms with E-state index >= 15 is 0 Å². The van der Waals surface area contributed by atoms with Gasteiger partial charge in [-0.15, -0.1) is 0 Å². The lowest BCUT2D eigenvalue weighted by molar-refractivity contribution is -0.0289. The van der Waals surface area contributed by atoms with Crippen molar-refractivity contribution in [3.63, 3.8) is 0 Å². The SMILES string of the molecule is CCCCCC(CC)SC[C@H]1OC(n2cnc3c(N)ncnc32)[C@H](O)[C@@H]1O. The van der Waals surface area contributed by atoms with Crippen LogP contribution in [0.25, 0.3) is 11.2 Å². The molecule has 1 aliphatic rings. The van der Waals surface area contributed by atoms with E-state index in [2.05, 4.69) is 28.8 Å². The van der Waals surface area contributed by atoms with E-state index in [1.54, 1.807) is 4.57 Å². The molecule has 8 nitrogen and oxygen atoms in total. The van der Waals surface area contributed by atoms with Crippen LogP contribution < -0.4 is 5.73 Å². The van der Waals surface area contributed by atoms with Crippen LogP contribution in [0.1, 0.15) is 52.2 Å². The van der Waals surface area contributed by atoms with Gasteiger partial charge in [-0.25, -0.2) is 15.0 Å². The highest BCUT2D eigenvalue weighted by molar-refractivity contribution is 7.99. The Hall–Kier alpha value is -1.42. The minimum atomic E-state index is -1.05. The molecule has 3 heterocycles. The topological polar surface area (TPSA) is 119 Å². The van der Waals surface area contributed by atoms with Gasteiger partial charge in [0, 0.05) is 11.0 Å². The molecule has 27 heavy (non-hydrogen) atoms. The minimum absolute atomic E-state index is 0.275. The normalized spacial score (nSPS) is 26.7. The number of hydrogen-bond donors (Lipinski definition) is 3. The van der Waals surface area contributed by atoms with E-state index in [1.165, 1.54) is 38.3 Å². The highest BCUT2D eigenvalue weighted by atomic mass is 32.2. The van der Waals surface area contributed by atoms with E-state index in [4.69, 9.17) is 10.5 Å². The first kappa shape index (κ1) is 20.3. The van der Waals surface area contributed by atoms with Crippen LogP contribution in [-0.4, -0.2) is 59.0 Å². The molecular formula is C18H29N5O3S. The summed E-state index contributed by atoms with van der Waals surface area (Å²) in [6.07, 6.45) is 5.63. The molecule has 0 spiro atoms. The van der Waals surface area contributed by atoms with Gasteiger partial charge in [-0.1, -0.05) is 33.1 Å². The number of unbranched alkanes of at least 4 members (excludes halogenated alkanes) is 2. The van der Waals surface area contributed by atoms with E-state index in [1.807, 2.05) is 11.8 Å². The number of aliphatic hydroxyl groups is 2. The zero-order valence-corrected chi connectivity index (χ0v) is 16.7. The number of aromatic nitrogens is 4. The molecule has 1 fully saturated rings. The van der Waals surface area contributed by atoms with E-state index in [-0.39, 0.29) is 5.82 Å². The Bertz CT molecular complexity index is 743. The standard InChI is InChI=1S/C18H29N5O3S/c1-3-5-6-7-11(4-2)27-8-12-14(24)15(25)18(26-12)23-10-22-13-16(19)20-9-21-17(13)23/h9-12,14-15,18,24-25H,3-8H2,1-2H3,(H2,19,20,21)/t11?,12-,14-,15-,18?/m1/s1. The molecule has 4 N–H and O–H groups in total. The van der Waals surface area contributed by atoms with Crippen LogP contribution in [0.2, 0.25) is 0 Å². The van der Waals surface area contributed by atoms with Crippen molar-refractivity contribution in [3.8, 4) is 0 Å². The fourth-order valence-corrected chi connectivity index (χ4v) is 4.72. The minimum Gasteiger partial charge on any atom is -0.387 e. The van der Waals surface area contributed by atoms with Crippen LogP contribution in [0.15, 0.2) is 12.7 Å². The summed E-state index contributed by atoms with van der Waals surface area (Å²) in [5.74, 6) is 0.917. The molecule has 0 bridgehead atoms. The predicted octanol–water partition coefficient (Wildman–Crippen LogP) is 2.12. The smallest absolute Gasteiger partial charge is 0.167 e. The summed E-state index contributed by atoms with van der Waals surface area (Å²) >= 11 is 1.81. The molecule has 0 aliphatic carbocycles. The second-order valence-electron chi connectivity index (χ2n) is 6.99. The molecule has 9 heteroatoms. The second-order valence-corrected chi connectivity index (χ2v) is 8.32. The number of nitrogen functional groups attached to an aromatic ring is 1. The summed E-state index contributed by atoms with van der Waals surface area (Å²) in [6.45, 7) is 4.39. The number of anilines is 1. The van der Waals surface area contributed by atoms with Gasteiger partial charge in [-0.05, 0) is 12.8 Å². The molecule has 150 valence electrons. The number of aliphatic hydroxyl groups excluding tert-OH is 2. The number of fused-ring (bicyclic) bond motifs is 1. The van der Waals surface area contributed by atoms with E-state index < -0.39 is 24.5 Å². The maximum atomic E-state index is 10.5. The fourth-order valence-electron chi connectivity index (χ4n) is 3.41. The van der Waals surface area contributed by atoms with Gasteiger partial charge in [0.25, 0.3) is 0 Å². The van der Waals surface area contributed by atoms with Gasteiger partial charge in [-0.2, -0.15) is 11.8 Å². The maximum Gasteiger partial charge on any atom is 0.167 e. The highest BCUT2D eigenvalue weighted by Gasteiger charge is 2.44. The number of rotatable bonds is 9. The number of nitrogens with two attached hydrogens (primary N) is 1. The van der Waals surface area contributed by atoms with Gasteiger partial charge in [0.2, 0.25) is 0 Å². The summed E-state index contributed by atoms with van der Waals surface area (Å²) in [7, 11) is 0. The first-order chi connectivity index (χ1) is 13.1. The molecule has 0 aromatic carbocycles. The Morgan fingerprint density at radius 2 is 2.04 bits per heavy atom. The van der Waals surface area contributed by atoms with Crippen molar-refractivity contribution in [2.24, 2.45) is 0 Å². The van der Waals surface area contributed by atoms with Crippen LogP contribution >= 0.6 is 11.8 Å². The average Bonchev–Trinajstić information content (AvgIpc) is 3.21. The second kappa shape index (κ2) is 9.18. The van der Waals surface area contributed by atoms with Crippen LogP contribution in [0.4, 0.5) is 5.82 Å². The third-order valence-corrected chi connectivity index (χ3v) is 6.64. The molecule has 5 atom stereocenters. The molecule has 0 saturated carbocycles. The summed E-state index contributed by atoms with van der Waals surface area (Å²) in [5.41, 5.74) is 6.77. The third kappa shape index (κ3) is 4.37. The zero-order chi connectivity index (χ0) is 19.4. The molecular weight excluding hydrogens is 366 g/mol. The van der Waals surface area contributed by atoms with Gasteiger partial charge in [-0.3, -0.25) is 4.57 Å². The van der Waals surface area contributed by atoms with Crippen molar-refractivity contribution in [3.05, 3.63) is 12.7 Å². The van der Waals surface area contributed by atoms with Gasteiger partial charge in [0.05, 0.1) is 12.4 Å². The van der Waals surface area contributed by atoms with Crippen LogP contribution in [0.3, 0.4) is 0 Å². The molecule has 2 unspecified atom stereocenters. The summed E-state index contributed by atoms with van der Waals surface area (Å²) < 4.78 is 7.62. The molecule has 0 radical (unpaired) electrons. The van der Waals surface area contributed by atoms with Crippen molar-refractivity contribution in [2.45, 2.75) is 75.7 Å². The van der Waals surface area contributed by atoms with Gasteiger partial charge < -0.3 is 20.7 Å². The number of ether oxygens (including phenoxy) is 1. The first-order valence-electron chi connectivity index (χ1n) is 9.63. The third-order valence-electron chi connectivity index (χ3n) is 5.08. The largest absolute Gasteiger partial charge is 0.387 e. The van der Waals surface area contributed by atoms with Crippen molar-refractivity contribution >= 4 is 28.7 Å².